The number of imidazole rings is 1. The number of urea groups is 1. The summed E-state index contributed by atoms with van der Waals surface area (Å²) in [7, 11) is 4.86. The molecule has 0 radical (unpaired) electrons. The van der Waals surface area contributed by atoms with Crippen LogP contribution in [0.4, 0.5) is 31.1 Å². The fraction of sp³-hybridized carbons (Fsp3) is 0.593. The Balaban J connectivity index is 0.000000390. The molecule has 252 valence electrons. The second kappa shape index (κ2) is 15.4. The van der Waals surface area contributed by atoms with Crippen LogP contribution in [0, 0.1) is 0 Å². The van der Waals surface area contributed by atoms with Gasteiger partial charge in [0.15, 0.2) is 11.2 Å². The molecule has 0 aliphatic carbocycles. The number of fused-ring (bicyclic) bond motifs is 1. The minimum Gasteiger partial charge on any atom is -0.388 e. The van der Waals surface area contributed by atoms with Crippen LogP contribution < -0.4 is 10.6 Å². The van der Waals surface area contributed by atoms with E-state index in [0.29, 0.717) is 22.6 Å². The molecule has 12 nitrogen and oxygen atoms in total. The van der Waals surface area contributed by atoms with Crippen LogP contribution in [-0.4, -0.2) is 99.6 Å². The molecule has 1 unspecified atom stereocenters. The second-order valence-corrected chi connectivity index (χ2v) is 10.7. The van der Waals surface area contributed by atoms with Crippen LogP contribution in [0.1, 0.15) is 55.5 Å². The predicted molar refractivity (Wildman–Crippen MR) is 150 cm³/mol. The van der Waals surface area contributed by atoms with E-state index in [9.17, 15) is 35.9 Å². The number of amides is 3. The van der Waals surface area contributed by atoms with Gasteiger partial charge in [-0.1, -0.05) is 0 Å². The van der Waals surface area contributed by atoms with Gasteiger partial charge in [0.1, 0.15) is 11.7 Å². The molecule has 45 heavy (non-hydrogen) atoms. The Labute approximate surface area is 256 Å². The average Bonchev–Trinajstić information content (AvgIpc) is 3.66. The summed E-state index contributed by atoms with van der Waals surface area (Å²) in [6.45, 7) is 5.02. The minimum absolute atomic E-state index is 0.0903. The number of nitrogens with zero attached hydrogens (tertiary/aromatic N) is 6. The summed E-state index contributed by atoms with van der Waals surface area (Å²) in [6.07, 6.45) is -4.39. The third-order valence-corrected chi connectivity index (χ3v) is 6.31. The average molecular weight is 653 g/mol. The van der Waals surface area contributed by atoms with Crippen LogP contribution in [0.3, 0.4) is 0 Å². The van der Waals surface area contributed by atoms with E-state index in [2.05, 4.69) is 25.2 Å². The number of rotatable bonds is 8. The quantitative estimate of drug-likeness (QED) is 0.350. The Morgan fingerprint density at radius 2 is 1.80 bits per heavy atom. The van der Waals surface area contributed by atoms with E-state index in [1.165, 1.54) is 16.9 Å². The maximum atomic E-state index is 12.8. The molecular weight excluding hydrogens is 614 g/mol. The van der Waals surface area contributed by atoms with Gasteiger partial charge < -0.3 is 25.0 Å². The summed E-state index contributed by atoms with van der Waals surface area (Å²) in [4.78, 5) is 28.2. The van der Waals surface area contributed by atoms with Gasteiger partial charge in [-0.2, -0.15) is 36.5 Å². The second-order valence-electron chi connectivity index (χ2n) is 10.7. The number of nitrogens with one attached hydrogen (secondary N) is 2. The fourth-order valence-electron chi connectivity index (χ4n) is 3.83. The zero-order chi connectivity index (χ0) is 34.2. The fourth-order valence-corrected chi connectivity index (χ4v) is 3.83. The number of ether oxygens (including phenoxy) is 2. The highest BCUT2D eigenvalue weighted by molar-refractivity contribution is 5.92. The van der Waals surface area contributed by atoms with E-state index < -0.39 is 36.6 Å². The highest BCUT2D eigenvalue weighted by Crippen LogP contribution is 2.32. The third kappa shape index (κ3) is 10.3. The Bertz CT molecular complexity index is 1400. The van der Waals surface area contributed by atoms with Gasteiger partial charge in [0.05, 0.1) is 31.2 Å². The van der Waals surface area contributed by atoms with Crippen molar-refractivity contribution in [3.8, 4) is 0 Å². The first-order valence-corrected chi connectivity index (χ1v) is 13.7. The van der Waals surface area contributed by atoms with Gasteiger partial charge in [-0.05, 0) is 45.4 Å². The lowest BCUT2D eigenvalue weighted by Crippen LogP contribution is -2.42. The monoisotopic (exact) mass is 652 g/mol. The Kier molecular flexibility index (Phi) is 12.7. The molecule has 3 amide bonds. The summed E-state index contributed by atoms with van der Waals surface area (Å²) in [5, 5.41) is 12.6. The summed E-state index contributed by atoms with van der Waals surface area (Å²) in [5.41, 5.74) is -0.430. The molecule has 0 bridgehead atoms. The standard InChI is InChI=1S/C17H19F6N5O2.C8H13N3O.C2H6O/c1-15(2,17(21,22)23)30-4-3-11-8-28-13(25-11)5-10(6-24-28)7-27-9-12(16(18,19)20)26-14(27)29;1-6(2)11-7(4-5-10-11)8(12)9-3;1-3-2/h5-6,8,12H,3-4,7,9H2,1-2H3,(H,26,29);4-6H,1-3H3,(H,9,12);1-2H3. The van der Waals surface area contributed by atoms with Crippen molar-refractivity contribution >= 4 is 17.6 Å². The molecule has 0 spiro atoms. The number of methoxy groups -OCH3 is 1. The summed E-state index contributed by atoms with van der Waals surface area (Å²) >= 11 is 0. The smallest absolute Gasteiger partial charge is 0.388 e. The number of hydrogen-bond donors (Lipinski definition) is 2. The molecule has 1 aliphatic rings. The predicted octanol–water partition coefficient (Wildman–Crippen LogP) is 4.17. The number of carbonyl (C=O) groups excluding carboxylic acids is 2. The van der Waals surface area contributed by atoms with E-state index in [0.717, 1.165) is 18.7 Å². The van der Waals surface area contributed by atoms with E-state index in [1.54, 1.807) is 44.3 Å². The summed E-state index contributed by atoms with van der Waals surface area (Å²) in [6, 6.07) is 0.711. The zero-order valence-electron chi connectivity index (χ0n) is 26.0. The first-order valence-electron chi connectivity index (χ1n) is 13.7. The van der Waals surface area contributed by atoms with Crippen molar-refractivity contribution in [2.75, 3.05) is 34.4 Å². The topological polar surface area (TPSA) is 128 Å². The van der Waals surface area contributed by atoms with E-state index in [1.807, 2.05) is 19.2 Å². The van der Waals surface area contributed by atoms with Crippen LogP contribution in [0.2, 0.25) is 0 Å². The van der Waals surface area contributed by atoms with Crippen molar-refractivity contribution in [2.24, 2.45) is 0 Å². The first kappa shape index (κ1) is 37.3. The molecule has 0 aromatic carbocycles. The molecule has 4 heterocycles. The lowest BCUT2D eigenvalue weighted by atomic mass is 10.1. The molecule has 3 aromatic rings. The van der Waals surface area contributed by atoms with E-state index in [-0.39, 0.29) is 31.5 Å². The van der Waals surface area contributed by atoms with Crippen LogP contribution in [0.15, 0.2) is 30.7 Å². The minimum atomic E-state index is -4.53. The number of carbonyl (C=O) groups is 2. The van der Waals surface area contributed by atoms with Gasteiger partial charge in [-0.3, -0.25) is 9.48 Å². The lowest BCUT2D eigenvalue weighted by Gasteiger charge is -2.27. The highest BCUT2D eigenvalue weighted by Gasteiger charge is 2.48. The van der Waals surface area contributed by atoms with E-state index >= 15 is 0 Å². The van der Waals surface area contributed by atoms with E-state index in [4.69, 9.17) is 4.74 Å². The van der Waals surface area contributed by atoms with Gasteiger partial charge in [0.2, 0.25) is 0 Å². The lowest BCUT2D eigenvalue weighted by molar-refractivity contribution is -0.263. The maximum Gasteiger partial charge on any atom is 0.416 e. The highest BCUT2D eigenvalue weighted by atomic mass is 19.4. The normalized spacial score (nSPS) is 15.4. The number of halogens is 6. The number of hydrogen-bond acceptors (Lipinski definition) is 7. The number of alkyl halides is 6. The van der Waals surface area contributed by atoms with Crippen LogP contribution >= 0.6 is 0 Å². The van der Waals surface area contributed by atoms with Crippen molar-refractivity contribution < 1.29 is 45.4 Å². The maximum absolute atomic E-state index is 12.8. The Morgan fingerprint density at radius 3 is 2.33 bits per heavy atom. The molecular formula is C27H38F6N8O4. The Hall–Kier alpha value is -3.93. The van der Waals surface area contributed by atoms with Crippen molar-refractivity contribution in [2.45, 2.75) is 70.7 Å². The SMILES string of the molecule is CC(C)(OCCc1cn2ncc(CN3CC(C(F)(F)F)NC3=O)cc2n1)C(F)(F)F.CNC(=O)c1ccnn1C(C)C.COC. The number of aromatic nitrogens is 5. The summed E-state index contributed by atoms with van der Waals surface area (Å²) in [5.74, 6) is -0.0961. The third-order valence-electron chi connectivity index (χ3n) is 6.31. The molecule has 1 saturated heterocycles. The van der Waals surface area contributed by atoms with Gasteiger partial charge in [-0.15, -0.1) is 0 Å². The van der Waals surface area contributed by atoms with Crippen molar-refractivity contribution in [3.05, 3.63) is 47.7 Å². The largest absolute Gasteiger partial charge is 0.416 e. The Morgan fingerprint density at radius 1 is 1.16 bits per heavy atom. The van der Waals surface area contributed by atoms with Gasteiger partial charge in [-0.25, -0.2) is 14.3 Å². The zero-order valence-corrected chi connectivity index (χ0v) is 26.0. The molecule has 2 N–H and O–H groups in total. The van der Waals surface area contributed by atoms with Crippen LogP contribution in [-0.2, 0) is 22.4 Å². The van der Waals surface area contributed by atoms with Gasteiger partial charge in [0, 0.05) is 46.5 Å². The molecule has 0 saturated carbocycles. The van der Waals surface area contributed by atoms with Crippen LogP contribution in [0.5, 0.6) is 0 Å². The molecule has 1 fully saturated rings. The van der Waals surface area contributed by atoms with Crippen LogP contribution in [0.25, 0.3) is 5.65 Å². The molecule has 18 heteroatoms. The van der Waals surface area contributed by atoms with Crippen molar-refractivity contribution in [3.63, 3.8) is 0 Å². The van der Waals surface area contributed by atoms with Gasteiger partial charge >= 0.3 is 18.4 Å². The summed E-state index contributed by atoms with van der Waals surface area (Å²) < 4.78 is 88.9. The van der Waals surface area contributed by atoms with Gasteiger partial charge in [0.25, 0.3) is 5.91 Å². The molecule has 1 atom stereocenters. The molecule has 4 rings (SSSR count). The molecule has 3 aromatic heterocycles. The van der Waals surface area contributed by atoms with Crippen molar-refractivity contribution in [1.82, 2.24) is 39.9 Å². The molecule has 1 aliphatic heterocycles. The van der Waals surface area contributed by atoms with Crippen molar-refractivity contribution in [1.29, 1.82) is 0 Å². The first-order chi connectivity index (χ1) is 20.8.